The van der Waals surface area contributed by atoms with Crippen molar-refractivity contribution in [1.29, 1.82) is 0 Å². The summed E-state index contributed by atoms with van der Waals surface area (Å²) in [5.74, 6) is 1.48. The summed E-state index contributed by atoms with van der Waals surface area (Å²) in [6.45, 7) is 6.60. The number of anilines is 1. The van der Waals surface area contributed by atoms with E-state index in [1.54, 1.807) is 0 Å². The minimum absolute atomic E-state index is 0.0473. The number of nitrogens with zero attached hydrogens (tertiary/aromatic N) is 3. The molecule has 2 heterocycles. The number of amides is 1. The fourth-order valence-electron chi connectivity index (χ4n) is 3.16. The van der Waals surface area contributed by atoms with Gasteiger partial charge in [0.1, 0.15) is 0 Å². The van der Waals surface area contributed by atoms with Gasteiger partial charge in [-0.3, -0.25) is 4.79 Å². The molecule has 6 heteroatoms. The molecule has 1 aromatic carbocycles. The average molecular weight is 354 g/mol. The number of hydrogen-bond donors (Lipinski definition) is 1. The lowest BCUT2D eigenvalue weighted by atomic mass is 9.96. The molecule has 1 fully saturated rings. The van der Waals surface area contributed by atoms with E-state index < -0.39 is 0 Å². The zero-order valence-corrected chi connectivity index (χ0v) is 15.4. The molecule has 1 amide bonds. The Labute approximate surface area is 154 Å². The van der Waals surface area contributed by atoms with Crippen LogP contribution in [0, 0.1) is 12.8 Å². The van der Waals surface area contributed by atoms with E-state index in [1.807, 2.05) is 50.2 Å². The van der Waals surface area contributed by atoms with Crippen LogP contribution in [-0.4, -0.2) is 35.6 Å². The highest BCUT2D eigenvalue weighted by molar-refractivity contribution is 5.78. The molecule has 0 bridgehead atoms. The zero-order chi connectivity index (χ0) is 18.4. The van der Waals surface area contributed by atoms with Gasteiger partial charge in [0.05, 0.1) is 6.61 Å². The van der Waals surface area contributed by atoms with E-state index in [1.165, 1.54) is 0 Å². The second kappa shape index (κ2) is 8.65. The van der Waals surface area contributed by atoms with Crippen LogP contribution >= 0.6 is 0 Å². The third-order valence-corrected chi connectivity index (χ3v) is 4.57. The van der Waals surface area contributed by atoms with Crippen LogP contribution < -0.4 is 15.0 Å². The zero-order valence-electron chi connectivity index (χ0n) is 15.4. The summed E-state index contributed by atoms with van der Waals surface area (Å²) in [6, 6.07) is 11.8. The van der Waals surface area contributed by atoms with Crippen LogP contribution in [0.5, 0.6) is 5.88 Å². The van der Waals surface area contributed by atoms with Crippen molar-refractivity contribution >= 4 is 11.9 Å². The molecule has 1 aliphatic rings. The van der Waals surface area contributed by atoms with Gasteiger partial charge in [-0.1, -0.05) is 30.3 Å². The van der Waals surface area contributed by atoms with Gasteiger partial charge in [0.15, 0.2) is 0 Å². The van der Waals surface area contributed by atoms with E-state index in [-0.39, 0.29) is 11.8 Å². The Balaban J connectivity index is 1.53. The number of carbonyl (C=O) groups excluding carboxylic acids is 1. The van der Waals surface area contributed by atoms with Crippen molar-refractivity contribution in [1.82, 2.24) is 15.3 Å². The van der Waals surface area contributed by atoms with Gasteiger partial charge >= 0.3 is 0 Å². The maximum Gasteiger partial charge on any atom is 0.228 e. The van der Waals surface area contributed by atoms with Crippen LogP contribution in [0.4, 0.5) is 5.95 Å². The highest BCUT2D eigenvalue weighted by Crippen LogP contribution is 2.23. The van der Waals surface area contributed by atoms with Gasteiger partial charge in [-0.25, -0.2) is 4.98 Å². The van der Waals surface area contributed by atoms with Crippen molar-refractivity contribution in [2.24, 2.45) is 5.92 Å². The summed E-state index contributed by atoms with van der Waals surface area (Å²) in [5, 5.41) is 3.05. The van der Waals surface area contributed by atoms with Crippen LogP contribution in [0.15, 0.2) is 36.4 Å². The Morgan fingerprint density at radius 1 is 1.23 bits per heavy atom. The Morgan fingerprint density at radius 3 is 2.65 bits per heavy atom. The molecule has 0 spiro atoms. The van der Waals surface area contributed by atoms with E-state index in [0.717, 1.165) is 37.2 Å². The molecule has 1 N–H and O–H groups in total. The third-order valence-electron chi connectivity index (χ3n) is 4.57. The topological polar surface area (TPSA) is 67.3 Å². The predicted molar refractivity (Wildman–Crippen MR) is 101 cm³/mol. The standard InChI is InChI=1S/C20H26N4O2/c1-3-26-18-13-15(2)22-20(23-18)24-11-9-17(10-12-24)19(25)21-14-16-7-5-4-6-8-16/h4-8,13,17H,3,9-12,14H2,1-2H3,(H,21,25). The summed E-state index contributed by atoms with van der Waals surface area (Å²) >= 11 is 0. The lowest BCUT2D eigenvalue weighted by molar-refractivity contribution is -0.125. The Bertz CT molecular complexity index is 728. The van der Waals surface area contributed by atoms with Gasteiger partial charge in [0.2, 0.25) is 17.7 Å². The van der Waals surface area contributed by atoms with Gasteiger partial charge in [-0.05, 0) is 32.3 Å². The maximum absolute atomic E-state index is 12.4. The fraction of sp³-hybridized carbons (Fsp3) is 0.450. The number of aromatic nitrogens is 2. The quantitative estimate of drug-likeness (QED) is 0.864. The summed E-state index contributed by atoms with van der Waals surface area (Å²) < 4.78 is 5.51. The highest BCUT2D eigenvalue weighted by atomic mass is 16.5. The first-order chi connectivity index (χ1) is 12.7. The number of nitrogens with one attached hydrogen (secondary N) is 1. The van der Waals surface area contributed by atoms with Crippen LogP contribution in [0.25, 0.3) is 0 Å². The van der Waals surface area contributed by atoms with E-state index in [0.29, 0.717) is 25.0 Å². The van der Waals surface area contributed by atoms with Crippen LogP contribution in [-0.2, 0) is 11.3 Å². The lowest BCUT2D eigenvalue weighted by Crippen LogP contribution is -2.41. The van der Waals surface area contributed by atoms with Crippen LogP contribution in [0.3, 0.4) is 0 Å². The SMILES string of the molecule is CCOc1cc(C)nc(N2CCC(C(=O)NCc3ccccc3)CC2)n1. The largest absolute Gasteiger partial charge is 0.478 e. The molecule has 0 aliphatic carbocycles. The molecule has 2 aromatic rings. The molecule has 0 saturated carbocycles. The molecular formula is C20H26N4O2. The lowest BCUT2D eigenvalue weighted by Gasteiger charge is -2.31. The number of benzene rings is 1. The molecular weight excluding hydrogens is 328 g/mol. The molecule has 26 heavy (non-hydrogen) atoms. The number of rotatable bonds is 6. The number of ether oxygens (including phenoxy) is 1. The van der Waals surface area contributed by atoms with Gasteiger partial charge in [0.25, 0.3) is 0 Å². The Hall–Kier alpha value is -2.63. The van der Waals surface area contributed by atoms with Crippen LogP contribution in [0.2, 0.25) is 0 Å². The molecule has 138 valence electrons. The molecule has 1 aromatic heterocycles. The first-order valence-corrected chi connectivity index (χ1v) is 9.20. The highest BCUT2D eigenvalue weighted by Gasteiger charge is 2.26. The monoisotopic (exact) mass is 354 g/mol. The van der Waals surface area contributed by atoms with Crippen molar-refractivity contribution in [2.45, 2.75) is 33.2 Å². The number of carbonyl (C=O) groups is 1. The number of piperidine rings is 1. The molecule has 0 radical (unpaired) electrons. The second-order valence-corrected chi connectivity index (χ2v) is 6.55. The molecule has 6 nitrogen and oxygen atoms in total. The van der Waals surface area contributed by atoms with Gasteiger partial charge in [-0.15, -0.1) is 0 Å². The van der Waals surface area contributed by atoms with Crippen molar-refractivity contribution in [3.8, 4) is 5.88 Å². The van der Waals surface area contributed by atoms with Gasteiger partial charge in [-0.2, -0.15) is 4.98 Å². The molecule has 1 saturated heterocycles. The normalized spacial score (nSPS) is 14.9. The summed E-state index contributed by atoms with van der Waals surface area (Å²) in [5.41, 5.74) is 2.01. The fourth-order valence-corrected chi connectivity index (χ4v) is 3.16. The van der Waals surface area contributed by atoms with Gasteiger partial charge < -0.3 is 15.0 Å². The second-order valence-electron chi connectivity index (χ2n) is 6.55. The van der Waals surface area contributed by atoms with E-state index in [2.05, 4.69) is 20.2 Å². The average Bonchev–Trinajstić information content (AvgIpc) is 2.67. The first-order valence-electron chi connectivity index (χ1n) is 9.20. The summed E-state index contributed by atoms with van der Waals surface area (Å²) in [7, 11) is 0. The predicted octanol–water partition coefficient (Wildman–Crippen LogP) is 2.72. The summed E-state index contributed by atoms with van der Waals surface area (Å²) in [4.78, 5) is 23.6. The van der Waals surface area contributed by atoms with Gasteiger partial charge in [0, 0.05) is 37.3 Å². The van der Waals surface area contributed by atoms with Crippen molar-refractivity contribution in [2.75, 3.05) is 24.6 Å². The Kier molecular flexibility index (Phi) is 6.04. The van der Waals surface area contributed by atoms with Crippen molar-refractivity contribution in [3.63, 3.8) is 0 Å². The minimum atomic E-state index is 0.0473. The molecule has 3 rings (SSSR count). The Morgan fingerprint density at radius 2 is 1.96 bits per heavy atom. The first kappa shape index (κ1) is 18.2. The molecule has 0 unspecified atom stereocenters. The number of aryl methyl sites for hydroxylation is 1. The maximum atomic E-state index is 12.4. The molecule has 0 atom stereocenters. The smallest absolute Gasteiger partial charge is 0.228 e. The van der Waals surface area contributed by atoms with Crippen molar-refractivity contribution in [3.05, 3.63) is 47.7 Å². The molecule has 1 aliphatic heterocycles. The third kappa shape index (κ3) is 4.71. The minimum Gasteiger partial charge on any atom is -0.478 e. The van der Waals surface area contributed by atoms with Crippen LogP contribution in [0.1, 0.15) is 31.0 Å². The van der Waals surface area contributed by atoms with E-state index >= 15 is 0 Å². The van der Waals surface area contributed by atoms with E-state index in [4.69, 9.17) is 4.74 Å². The number of hydrogen-bond acceptors (Lipinski definition) is 5. The van der Waals surface area contributed by atoms with E-state index in [9.17, 15) is 4.79 Å². The van der Waals surface area contributed by atoms with Crippen molar-refractivity contribution < 1.29 is 9.53 Å². The summed E-state index contributed by atoms with van der Waals surface area (Å²) in [6.07, 6.45) is 1.61.